The summed E-state index contributed by atoms with van der Waals surface area (Å²) in [6.07, 6.45) is 1.64. The summed E-state index contributed by atoms with van der Waals surface area (Å²) in [6.45, 7) is 0. The Morgan fingerprint density at radius 1 is 1.42 bits per heavy atom. The van der Waals surface area contributed by atoms with Crippen LogP contribution in [0.1, 0.15) is 11.1 Å². The van der Waals surface area contributed by atoms with E-state index in [0.29, 0.717) is 0 Å². The predicted molar refractivity (Wildman–Crippen MR) is 66.6 cm³/mol. The Morgan fingerprint density at radius 2 is 1.89 bits per heavy atom. The average Bonchev–Trinajstić information content (AvgIpc) is 2.78. The Bertz CT molecular complexity index is 426. The number of nitrogens with one attached hydrogen (secondary N) is 1. The van der Waals surface area contributed by atoms with Crippen molar-refractivity contribution in [2.24, 2.45) is 0 Å². The third-order valence-corrected chi connectivity index (χ3v) is 2.75. The van der Waals surface area contributed by atoms with Gasteiger partial charge in [0.05, 0.1) is 0 Å². The van der Waals surface area contributed by atoms with Gasteiger partial charge in [-0.25, -0.2) is 5.26 Å². The first-order chi connectivity index (χ1) is 9.02. The Morgan fingerprint density at radius 3 is 2.32 bits per heavy atom. The number of hydrogen-bond donors (Lipinski definition) is 2. The maximum absolute atomic E-state index is 10.6. The van der Waals surface area contributed by atoms with Gasteiger partial charge < -0.3 is 0 Å². The molecule has 19 heavy (non-hydrogen) atoms. The van der Waals surface area contributed by atoms with Crippen molar-refractivity contribution in [1.82, 2.24) is 5.48 Å². The van der Waals surface area contributed by atoms with E-state index in [1.165, 1.54) is 11.1 Å². The molecule has 0 aromatic heterocycles. The molecule has 106 valence electrons. The van der Waals surface area contributed by atoms with Gasteiger partial charge in [-0.3, -0.25) is 10.1 Å². The molecule has 1 aromatic rings. The topological polar surface area (TPSA) is 111 Å². The van der Waals surface area contributed by atoms with E-state index in [1.54, 1.807) is 0 Å². The minimum Gasteiger partial charge on any atom is -0.265 e. The minimum absolute atomic E-state index is 0.0708. The quantitative estimate of drug-likeness (QED) is 0.475. The second-order valence-corrected chi connectivity index (χ2v) is 4.52. The second-order valence-electron chi connectivity index (χ2n) is 3.79. The lowest BCUT2D eigenvalue weighted by atomic mass is 10.1. The van der Waals surface area contributed by atoms with Gasteiger partial charge in [0.2, 0.25) is 0 Å². The summed E-state index contributed by atoms with van der Waals surface area (Å²) in [7, 11) is 0.889. The SMILES string of the molecule is C[N+](=O)[O-].O=S(OO)ONC1Cc2ccccc2C1. The number of nitro groups is 1. The Hall–Kier alpha value is -1.39. The molecule has 0 amide bonds. The van der Waals surface area contributed by atoms with E-state index >= 15 is 0 Å². The Balaban J connectivity index is 0.000000399. The van der Waals surface area contributed by atoms with Crippen molar-refractivity contribution in [3.05, 3.63) is 45.5 Å². The summed E-state index contributed by atoms with van der Waals surface area (Å²) in [6, 6.07) is 8.14. The van der Waals surface area contributed by atoms with Gasteiger partial charge in [0.15, 0.2) is 7.05 Å². The zero-order valence-electron chi connectivity index (χ0n) is 10.1. The third-order valence-electron chi connectivity index (χ3n) is 2.39. The predicted octanol–water partition coefficient (Wildman–Crippen LogP) is 0.636. The van der Waals surface area contributed by atoms with Crippen molar-refractivity contribution < 1.29 is 23.0 Å². The monoisotopic (exact) mass is 290 g/mol. The van der Waals surface area contributed by atoms with Crippen LogP contribution in [-0.2, 0) is 32.8 Å². The fourth-order valence-electron chi connectivity index (χ4n) is 1.76. The van der Waals surface area contributed by atoms with E-state index in [2.05, 4.69) is 26.2 Å². The number of fused-ring (bicyclic) bond motifs is 1. The van der Waals surface area contributed by atoms with Gasteiger partial charge in [-0.2, -0.15) is 14.0 Å². The summed E-state index contributed by atoms with van der Waals surface area (Å²) in [5.41, 5.74) is 5.11. The Labute approximate surface area is 112 Å². The molecule has 0 fully saturated rings. The molecule has 2 N–H and O–H groups in total. The highest BCUT2D eigenvalue weighted by Crippen LogP contribution is 2.21. The average molecular weight is 290 g/mol. The van der Waals surface area contributed by atoms with Gasteiger partial charge in [0.25, 0.3) is 0 Å². The summed E-state index contributed by atoms with van der Waals surface area (Å²) >= 11 is -2.14. The summed E-state index contributed by atoms with van der Waals surface area (Å²) in [5.74, 6) is 0. The first kappa shape index (κ1) is 15.7. The molecule has 1 aliphatic rings. The lowest BCUT2D eigenvalue weighted by Crippen LogP contribution is -2.30. The van der Waals surface area contributed by atoms with Gasteiger partial charge in [0.1, 0.15) is 0 Å². The van der Waals surface area contributed by atoms with Crippen molar-refractivity contribution in [2.45, 2.75) is 18.9 Å². The van der Waals surface area contributed by atoms with Crippen LogP contribution in [0.25, 0.3) is 0 Å². The molecule has 0 spiro atoms. The molecule has 0 aliphatic heterocycles. The molecule has 8 nitrogen and oxygen atoms in total. The number of nitrogens with zero attached hydrogens (tertiary/aromatic N) is 1. The normalized spacial score (nSPS) is 15.3. The van der Waals surface area contributed by atoms with Crippen LogP contribution in [0.2, 0.25) is 0 Å². The zero-order chi connectivity index (χ0) is 14.3. The first-order valence-corrected chi connectivity index (χ1v) is 6.34. The van der Waals surface area contributed by atoms with Gasteiger partial charge >= 0.3 is 11.4 Å². The van der Waals surface area contributed by atoms with Crippen LogP contribution in [-0.4, -0.2) is 27.5 Å². The molecule has 2 rings (SSSR count). The fraction of sp³-hybridized carbons (Fsp3) is 0.400. The summed E-state index contributed by atoms with van der Waals surface area (Å²) in [5, 5.41) is 16.8. The molecule has 1 aliphatic carbocycles. The van der Waals surface area contributed by atoms with Gasteiger partial charge in [-0.1, -0.05) is 24.3 Å². The standard InChI is InChI=1S/C9H11NO4S.CH3NO2/c11-14-15(12)13-10-9-5-7-3-1-2-4-8(7)6-9;1-2(3)4/h1-4,9-11H,5-6H2;1H3. The van der Waals surface area contributed by atoms with Crippen LogP contribution in [0.3, 0.4) is 0 Å². The van der Waals surface area contributed by atoms with Crippen LogP contribution in [0.5, 0.6) is 0 Å². The highest BCUT2D eigenvalue weighted by atomic mass is 32.2. The minimum atomic E-state index is -2.14. The van der Waals surface area contributed by atoms with Crippen molar-refractivity contribution in [1.29, 1.82) is 0 Å². The van der Waals surface area contributed by atoms with E-state index in [0.717, 1.165) is 19.9 Å². The molecular formula is C10H14N2O6S. The molecule has 9 heteroatoms. The summed E-state index contributed by atoms with van der Waals surface area (Å²) in [4.78, 5) is 8.31. The van der Waals surface area contributed by atoms with Crippen LogP contribution in [0.15, 0.2) is 24.3 Å². The van der Waals surface area contributed by atoms with E-state index in [9.17, 15) is 4.21 Å². The fourth-order valence-corrected chi connectivity index (χ4v) is 2.01. The highest BCUT2D eigenvalue weighted by molar-refractivity contribution is 7.75. The largest absolute Gasteiger partial charge is 0.351 e. The maximum atomic E-state index is 10.6. The molecule has 0 saturated carbocycles. The molecule has 0 saturated heterocycles. The van der Waals surface area contributed by atoms with Crippen LogP contribution in [0, 0.1) is 10.1 Å². The van der Waals surface area contributed by atoms with Gasteiger partial charge in [0, 0.05) is 11.0 Å². The molecule has 0 radical (unpaired) electrons. The van der Waals surface area contributed by atoms with Gasteiger partial charge in [-0.15, -0.1) is 4.33 Å². The molecule has 1 aromatic carbocycles. The molecule has 1 atom stereocenters. The number of rotatable bonds is 4. The van der Waals surface area contributed by atoms with E-state index in [4.69, 9.17) is 15.4 Å². The van der Waals surface area contributed by atoms with Crippen LogP contribution < -0.4 is 5.48 Å². The summed E-state index contributed by atoms with van der Waals surface area (Å²) < 4.78 is 18.6. The molecule has 0 heterocycles. The number of benzene rings is 1. The molecule has 0 bridgehead atoms. The number of hydrogen-bond acceptors (Lipinski definition) is 7. The first-order valence-electron chi connectivity index (χ1n) is 5.34. The van der Waals surface area contributed by atoms with Crippen molar-refractivity contribution in [2.75, 3.05) is 7.05 Å². The smallest absolute Gasteiger partial charge is 0.265 e. The Kier molecular flexibility index (Phi) is 6.53. The molecular weight excluding hydrogens is 276 g/mol. The highest BCUT2D eigenvalue weighted by Gasteiger charge is 2.21. The van der Waals surface area contributed by atoms with Crippen LogP contribution in [0.4, 0.5) is 0 Å². The maximum Gasteiger partial charge on any atom is 0.351 e. The van der Waals surface area contributed by atoms with Crippen molar-refractivity contribution in [3.63, 3.8) is 0 Å². The molecule has 1 unspecified atom stereocenters. The van der Waals surface area contributed by atoms with E-state index in [1.807, 2.05) is 12.1 Å². The zero-order valence-corrected chi connectivity index (χ0v) is 11.0. The number of hydroxylamine groups is 1. The van der Waals surface area contributed by atoms with E-state index in [-0.39, 0.29) is 6.04 Å². The lowest BCUT2D eigenvalue weighted by molar-refractivity contribution is -0.445. The lowest BCUT2D eigenvalue weighted by Gasteiger charge is -2.08. The van der Waals surface area contributed by atoms with E-state index < -0.39 is 16.3 Å². The van der Waals surface area contributed by atoms with Crippen molar-refractivity contribution >= 4 is 11.4 Å². The van der Waals surface area contributed by atoms with Crippen LogP contribution >= 0.6 is 0 Å². The van der Waals surface area contributed by atoms with Crippen molar-refractivity contribution in [3.8, 4) is 0 Å². The second kappa shape index (κ2) is 7.92. The van der Waals surface area contributed by atoms with Gasteiger partial charge in [-0.05, 0) is 24.0 Å². The third kappa shape index (κ3) is 5.85.